The van der Waals surface area contributed by atoms with Gasteiger partial charge >= 0.3 is 6.18 Å². The lowest BCUT2D eigenvalue weighted by Gasteiger charge is -2.23. The minimum Gasteiger partial charge on any atom is -0.356 e. The van der Waals surface area contributed by atoms with Crippen molar-refractivity contribution in [1.82, 2.24) is 24.7 Å². The highest BCUT2D eigenvalue weighted by Crippen LogP contribution is 2.37. The summed E-state index contributed by atoms with van der Waals surface area (Å²) >= 11 is 0. The molecule has 2 aliphatic rings. The van der Waals surface area contributed by atoms with E-state index in [1.54, 1.807) is 6.20 Å². The maximum absolute atomic E-state index is 13.0. The van der Waals surface area contributed by atoms with Gasteiger partial charge in [-0.15, -0.1) is 0 Å². The highest BCUT2D eigenvalue weighted by atomic mass is 19.4. The molecule has 0 saturated carbocycles. The number of nitrogens with zero attached hydrogens (tertiary/aromatic N) is 7. The first-order valence-electron chi connectivity index (χ1n) is 9.78. The van der Waals surface area contributed by atoms with Crippen molar-refractivity contribution >= 4 is 22.8 Å². The minimum absolute atomic E-state index is 0.236. The molecule has 0 amide bonds. The molecule has 5 heterocycles. The monoisotopic (exact) mass is 439 g/mol. The number of hydrogen-bond acceptors (Lipinski definition) is 6. The molecule has 2 atom stereocenters. The van der Waals surface area contributed by atoms with Crippen LogP contribution in [0.25, 0.3) is 11.2 Å². The molecule has 31 heavy (non-hydrogen) atoms. The fourth-order valence-corrected chi connectivity index (χ4v) is 4.39. The lowest BCUT2D eigenvalue weighted by molar-refractivity contribution is -0.137. The first-order valence-corrected chi connectivity index (χ1v) is 9.78. The number of fused-ring (bicyclic) bond motifs is 2. The predicted molar refractivity (Wildman–Crippen MR) is 102 cm³/mol. The van der Waals surface area contributed by atoms with Gasteiger partial charge in [0.25, 0.3) is 6.43 Å². The summed E-state index contributed by atoms with van der Waals surface area (Å²) in [6, 6.07) is 2.05. The third-order valence-corrected chi connectivity index (χ3v) is 5.85. The Morgan fingerprint density at radius 2 is 1.65 bits per heavy atom. The fraction of sp³-hybridized carbons (Fsp3) is 0.474. The molecule has 0 unspecified atom stereocenters. The summed E-state index contributed by atoms with van der Waals surface area (Å²) in [5.41, 5.74) is 0.0513. The van der Waals surface area contributed by atoms with E-state index >= 15 is 0 Å². The van der Waals surface area contributed by atoms with Gasteiger partial charge in [-0.25, -0.2) is 28.4 Å². The van der Waals surface area contributed by atoms with Crippen LogP contribution in [0.15, 0.2) is 30.7 Å². The summed E-state index contributed by atoms with van der Waals surface area (Å²) in [7, 11) is 0. The van der Waals surface area contributed by atoms with E-state index in [1.165, 1.54) is 12.4 Å². The van der Waals surface area contributed by atoms with Gasteiger partial charge in [0.1, 0.15) is 23.7 Å². The van der Waals surface area contributed by atoms with Crippen molar-refractivity contribution in [2.45, 2.75) is 19.1 Å². The molecule has 5 rings (SSSR count). The van der Waals surface area contributed by atoms with Gasteiger partial charge in [-0.05, 0) is 12.1 Å². The number of rotatable bonds is 4. The highest BCUT2D eigenvalue weighted by molar-refractivity contribution is 5.71. The molecule has 0 aliphatic carbocycles. The van der Waals surface area contributed by atoms with Crippen LogP contribution in [-0.4, -0.2) is 57.3 Å². The van der Waals surface area contributed by atoms with E-state index in [2.05, 4.69) is 20.1 Å². The number of anilines is 2. The lowest BCUT2D eigenvalue weighted by Crippen LogP contribution is -2.30. The number of halogens is 5. The first kappa shape index (κ1) is 19.9. The topological polar surface area (TPSA) is 63.0 Å². The summed E-state index contributed by atoms with van der Waals surface area (Å²) in [5, 5.41) is 3.93. The van der Waals surface area contributed by atoms with E-state index < -0.39 is 24.7 Å². The molecule has 12 heteroatoms. The smallest absolute Gasteiger partial charge is 0.356 e. The maximum atomic E-state index is 13.0. The number of pyridine rings is 1. The zero-order valence-corrected chi connectivity index (χ0v) is 16.2. The lowest BCUT2D eigenvalue weighted by atomic mass is 10.0. The van der Waals surface area contributed by atoms with Crippen LogP contribution in [-0.2, 0) is 12.7 Å². The Morgan fingerprint density at radius 3 is 2.29 bits per heavy atom. The van der Waals surface area contributed by atoms with Crippen molar-refractivity contribution in [2.75, 3.05) is 36.0 Å². The summed E-state index contributed by atoms with van der Waals surface area (Å²) in [4.78, 5) is 16.8. The van der Waals surface area contributed by atoms with E-state index in [0.29, 0.717) is 49.0 Å². The summed E-state index contributed by atoms with van der Waals surface area (Å²) < 4.78 is 65.7. The van der Waals surface area contributed by atoms with Gasteiger partial charge in [0.2, 0.25) is 0 Å². The van der Waals surface area contributed by atoms with E-state index in [4.69, 9.17) is 0 Å². The molecule has 0 radical (unpaired) electrons. The fourth-order valence-electron chi connectivity index (χ4n) is 4.39. The molecule has 2 aliphatic heterocycles. The quantitative estimate of drug-likeness (QED) is 0.583. The third-order valence-electron chi connectivity index (χ3n) is 5.85. The van der Waals surface area contributed by atoms with Crippen LogP contribution in [0.5, 0.6) is 0 Å². The Hall–Kier alpha value is -3.05. The van der Waals surface area contributed by atoms with Crippen LogP contribution in [0.4, 0.5) is 33.6 Å². The molecular formula is C19H18F5N7. The van der Waals surface area contributed by atoms with Gasteiger partial charge in [-0.3, -0.25) is 0 Å². The number of alkyl halides is 5. The SMILES string of the molecule is FC(F)Cn1ncc2ncc(N3C[C@@H]4CN(c5cc(C(F)(F)F)ccn5)C[C@H]4C3)nc21. The predicted octanol–water partition coefficient (Wildman–Crippen LogP) is 3.08. The van der Waals surface area contributed by atoms with Gasteiger partial charge < -0.3 is 9.80 Å². The van der Waals surface area contributed by atoms with Gasteiger partial charge in [0.05, 0.1) is 18.0 Å². The van der Waals surface area contributed by atoms with E-state index in [9.17, 15) is 22.0 Å². The first-order chi connectivity index (χ1) is 14.8. The second kappa shape index (κ2) is 7.27. The molecular weight excluding hydrogens is 421 g/mol. The molecule has 2 saturated heterocycles. The minimum atomic E-state index is -4.40. The number of aromatic nitrogens is 5. The van der Waals surface area contributed by atoms with Crippen LogP contribution in [0, 0.1) is 11.8 Å². The molecule has 3 aromatic rings. The van der Waals surface area contributed by atoms with Crippen molar-refractivity contribution < 1.29 is 22.0 Å². The molecule has 3 aromatic heterocycles. The van der Waals surface area contributed by atoms with Gasteiger partial charge in [0, 0.05) is 44.2 Å². The molecule has 0 bridgehead atoms. The summed E-state index contributed by atoms with van der Waals surface area (Å²) in [6.07, 6.45) is -2.75. The van der Waals surface area contributed by atoms with E-state index in [-0.39, 0.29) is 11.8 Å². The molecule has 0 aromatic carbocycles. The Kier molecular flexibility index (Phi) is 4.67. The van der Waals surface area contributed by atoms with Crippen LogP contribution >= 0.6 is 0 Å². The zero-order valence-electron chi connectivity index (χ0n) is 16.2. The molecule has 0 N–H and O–H groups in total. The van der Waals surface area contributed by atoms with Crippen LogP contribution in [0.2, 0.25) is 0 Å². The van der Waals surface area contributed by atoms with Crippen molar-refractivity contribution in [3.8, 4) is 0 Å². The van der Waals surface area contributed by atoms with Gasteiger partial charge in [-0.1, -0.05) is 0 Å². The van der Waals surface area contributed by atoms with E-state index in [0.717, 1.165) is 16.8 Å². The maximum Gasteiger partial charge on any atom is 0.416 e. The Balaban J connectivity index is 1.30. The highest BCUT2D eigenvalue weighted by Gasteiger charge is 2.41. The normalized spacial score (nSPS) is 21.5. The average molecular weight is 439 g/mol. The summed E-state index contributed by atoms with van der Waals surface area (Å²) in [6.45, 7) is 1.95. The summed E-state index contributed by atoms with van der Waals surface area (Å²) in [5.74, 6) is 1.38. The molecule has 164 valence electrons. The Labute approximate surface area is 173 Å². The Morgan fingerprint density at radius 1 is 0.968 bits per heavy atom. The van der Waals surface area contributed by atoms with Crippen molar-refractivity contribution in [2.24, 2.45) is 11.8 Å². The van der Waals surface area contributed by atoms with Crippen LogP contribution < -0.4 is 9.80 Å². The van der Waals surface area contributed by atoms with Crippen molar-refractivity contribution in [1.29, 1.82) is 0 Å². The molecule has 7 nitrogen and oxygen atoms in total. The molecule has 2 fully saturated rings. The standard InChI is InChI=1S/C19H18F5N7/c20-15(21)10-31-18-14(4-27-31)26-5-17(28-18)30-8-11-6-29(7-12(11)9-30)16-3-13(1-2-25-16)19(22,23)24/h1-5,11-12,15H,6-10H2/t11-,12-/m0/s1. The van der Waals surface area contributed by atoms with Gasteiger partial charge in [0.15, 0.2) is 5.65 Å². The third kappa shape index (κ3) is 3.74. The van der Waals surface area contributed by atoms with Crippen LogP contribution in [0.1, 0.15) is 5.56 Å². The zero-order chi connectivity index (χ0) is 21.8. The average Bonchev–Trinajstić information content (AvgIpc) is 3.40. The second-order valence-corrected chi connectivity index (χ2v) is 7.89. The van der Waals surface area contributed by atoms with Crippen molar-refractivity contribution in [3.63, 3.8) is 0 Å². The van der Waals surface area contributed by atoms with Crippen molar-refractivity contribution in [3.05, 3.63) is 36.3 Å². The molecule has 0 spiro atoms. The van der Waals surface area contributed by atoms with Gasteiger partial charge in [-0.2, -0.15) is 18.3 Å². The largest absolute Gasteiger partial charge is 0.416 e. The second-order valence-electron chi connectivity index (χ2n) is 7.89. The van der Waals surface area contributed by atoms with Crippen LogP contribution in [0.3, 0.4) is 0 Å². The Bertz CT molecular complexity index is 1080. The van der Waals surface area contributed by atoms with E-state index in [1.807, 2.05) is 9.80 Å². The number of hydrogen-bond donors (Lipinski definition) is 0.